The van der Waals surface area contributed by atoms with Crippen molar-refractivity contribution >= 4 is 5.57 Å². The lowest BCUT2D eigenvalue weighted by Crippen LogP contribution is -1.81. The van der Waals surface area contributed by atoms with Crippen molar-refractivity contribution in [3.05, 3.63) is 65.8 Å². The lowest BCUT2D eigenvalue weighted by molar-refractivity contribution is 1.02. The molecule has 0 heteroatoms. The molecule has 0 aliphatic heterocycles. The zero-order valence-corrected chi connectivity index (χ0v) is 9.16. The minimum absolute atomic E-state index is 1.08. The van der Waals surface area contributed by atoms with E-state index in [0.717, 1.165) is 12.8 Å². The molecule has 1 aromatic rings. The first kappa shape index (κ1) is 9.97. The van der Waals surface area contributed by atoms with E-state index >= 15 is 0 Å². The van der Waals surface area contributed by atoms with Crippen LogP contribution < -0.4 is 0 Å². The monoisotopic (exact) mass is 196 g/mol. The maximum Gasteiger partial charge on any atom is -0.0185 e. The van der Waals surface area contributed by atoms with Gasteiger partial charge in [0, 0.05) is 0 Å². The Morgan fingerprint density at radius 3 is 2.87 bits per heavy atom. The Kier molecular flexibility index (Phi) is 2.86. The van der Waals surface area contributed by atoms with Crippen molar-refractivity contribution in [1.82, 2.24) is 0 Å². The van der Waals surface area contributed by atoms with Crippen LogP contribution in [0.25, 0.3) is 5.57 Å². The predicted octanol–water partition coefficient (Wildman–Crippen LogP) is 4.28. The molecule has 0 bridgehead atoms. The van der Waals surface area contributed by atoms with E-state index in [-0.39, 0.29) is 0 Å². The molecule has 0 fully saturated rings. The van der Waals surface area contributed by atoms with Crippen LogP contribution in [0.15, 0.2) is 54.6 Å². The summed E-state index contributed by atoms with van der Waals surface area (Å²) in [5, 5.41) is 0. The van der Waals surface area contributed by atoms with Gasteiger partial charge in [-0.15, -0.1) is 0 Å². The van der Waals surface area contributed by atoms with E-state index in [1.54, 1.807) is 0 Å². The van der Waals surface area contributed by atoms with Gasteiger partial charge in [0.1, 0.15) is 0 Å². The van der Waals surface area contributed by atoms with Crippen LogP contribution in [0.2, 0.25) is 0 Å². The van der Waals surface area contributed by atoms with Gasteiger partial charge in [0.25, 0.3) is 0 Å². The molecule has 76 valence electrons. The van der Waals surface area contributed by atoms with Gasteiger partial charge in [0.2, 0.25) is 0 Å². The number of benzene rings is 1. The van der Waals surface area contributed by atoms with Gasteiger partial charge in [0.05, 0.1) is 0 Å². The van der Waals surface area contributed by atoms with Crippen LogP contribution >= 0.6 is 0 Å². The van der Waals surface area contributed by atoms with Crippen LogP contribution in [0, 0.1) is 6.92 Å². The Morgan fingerprint density at radius 1 is 1.20 bits per heavy atom. The second kappa shape index (κ2) is 4.31. The third-order valence-corrected chi connectivity index (χ3v) is 2.68. The molecular formula is C15H16. The van der Waals surface area contributed by atoms with Gasteiger partial charge in [-0.05, 0) is 30.9 Å². The van der Waals surface area contributed by atoms with E-state index in [1.807, 2.05) is 0 Å². The number of aryl methyl sites for hydroxylation is 1. The van der Waals surface area contributed by atoms with Crippen LogP contribution in [0.1, 0.15) is 24.0 Å². The summed E-state index contributed by atoms with van der Waals surface area (Å²) in [6, 6.07) is 8.63. The summed E-state index contributed by atoms with van der Waals surface area (Å²) in [6.45, 7) is 6.13. The molecule has 1 aliphatic carbocycles. The average molecular weight is 196 g/mol. The summed E-state index contributed by atoms with van der Waals surface area (Å²) in [6.07, 6.45) is 8.76. The molecule has 0 amide bonds. The minimum Gasteiger partial charge on any atom is -0.0958 e. The average Bonchev–Trinajstić information content (AvgIpc) is 2.43. The first-order valence-corrected chi connectivity index (χ1v) is 5.39. The lowest BCUT2D eigenvalue weighted by Gasteiger charge is -2.02. The lowest BCUT2D eigenvalue weighted by atomic mass is 10.0. The van der Waals surface area contributed by atoms with E-state index in [2.05, 4.69) is 56.0 Å². The molecule has 1 aliphatic rings. The van der Waals surface area contributed by atoms with Crippen LogP contribution in [0.3, 0.4) is 0 Å². The third-order valence-electron chi connectivity index (χ3n) is 2.68. The fourth-order valence-electron chi connectivity index (χ4n) is 1.81. The predicted molar refractivity (Wildman–Crippen MR) is 66.7 cm³/mol. The van der Waals surface area contributed by atoms with Gasteiger partial charge in [-0.2, -0.15) is 0 Å². The smallest absolute Gasteiger partial charge is 0.0185 e. The van der Waals surface area contributed by atoms with Crippen molar-refractivity contribution in [1.29, 1.82) is 0 Å². The standard InChI is InChI=1S/C15H16/c1-12-5-3-7-14(10-9-12)15-8-4-6-13(2)11-15/h4,6-11H,1,3,5H2,2H3. The van der Waals surface area contributed by atoms with Gasteiger partial charge in [0.15, 0.2) is 0 Å². The highest BCUT2D eigenvalue weighted by molar-refractivity contribution is 5.75. The molecule has 0 atom stereocenters. The Bertz CT molecular complexity index is 433. The highest BCUT2D eigenvalue weighted by Gasteiger charge is 2.01. The largest absolute Gasteiger partial charge is 0.0958 e. The van der Waals surface area contributed by atoms with E-state index < -0.39 is 0 Å². The van der Waals surface area contributed by atoms with Crippen molar-refractivity contribution in [3.63, 3.8) is 0 Å². The summed E-state index contributed by atoms with van der Waals surface area (Å²) in [4.78, 5) is 0. The second-order valence-electron chi connectivity index (χ2n) is 4.06. The van der Waals surface area contributed by atoms with E-state index in [4.69, 9.17) is 0 Å². The second-order valence-corrected chi connectivity index (χ2v) is 4.06. The summed E-state index contributed by atoms with van der Waals surface area (Å²) in [7, 11) is 0. The first-order chi connectivity index (χ1) is 7.25. The molecule has 0 aromatic heterocycles. The molecule has 0 radical (unpaired) electrons. The van der Waals surface area contributed by atoms with Crippen molar-refractivity contribution in [3.8, 4) is 0 Å². The third kappa shape index (κ3) is 2.47. The highest BCUT2D eigenvalue weighted by atomic mass is 14.1. The molecule has 0 N–H and O–H groups in total. The summed E-state index contributed by atoms with van der Waals surface area (Å²) in [5.74, 6) is 0. The van der Waals surface area contributed by atoms with Crippen molar-refractivity contribution in [2.24, 2.45) is 0 Å². The number of hydrogen-bond donors (Lipinski definition) is 0. The molecule has 1 aromatic carbocycles. The minimum atomic E-state index is 1.08. The van der Waals surface area contributed by atoms with E-state index in [1.165, 1.54) is 22.3 Å². The van der Waals surface area contributed by atoms with E-state index in [0.29, 0.717) is 0 Å². The fourth-order valence-corrected chi connectivity index (χ4v) is 1.81. The zero-order chi connectivity index (χ0) is 10.7. The highest BCUT2D eigenvalue weighted by Crippen LogP contribution is 2.22. The van der Waals surface area contributed by atoms with Crippen molar-refractivity contribution < 1.29 is 0 Å². The molecule has 15 heavy (non-hydrogen) atoms. The Morgan fingerprint density at radius 2 is 2.07 bits per heavy atom. The van der Waals surface area contributed by atoms with Gasteiger partial charge in [-0.3, -0.25) is 0 Å². The molecule has 0 unspecified atom stereocenters. The normalized spacial score (nSPS) is 16.1. The van der Waals surface area contributed by atoms with Crippen molar-refractivity contribution in [2.45, 2.75) is 19.8 Å². The summed E-state index contributed by atoms with van der Waals surface area (Å²) >= 11 is 0. The topological polar surface area (TPSA) is 0 Å². The summed E-state index contributed by atoms with van der Waals surface area (Å²) < 4.78 is 0. The van der Waals surface area contributed by atoms with Gasteiger partial charge < -0.3 is 0 Å². The Balaban J connectivity index is 2.34. The molecule has 0 spiro atoms. The SMILES string of the molecule is C=C1C=CC(c2cccc(C)c2)=CCC1. The number of hydrogen-bond acceptors (Lipinski definition) is 0. The van der Waals surface area contributed by atoms with Crippen LogP contribution in [-0.2, 0) is 0 Å². The summed E-state index contributed by atoms with van der Waals surface area (Å²) in [5.41, 5.74) is 5.15. The molecule has 0 nitrogen and oxygen atoms in total. The zero-order valence-electron chi connectivity index (χ0n) is 9.16. The maximum atomic E-state index is 4.00. The fraction of sp³-hybridized carbons (Fsp3) is 0.200. The maximum absolute atomic E-state index is 4.00. The van der Waals surface area contributed by atoms with Crippen LogP contribution in [0.4, 0.5) is 0 Å². The molecule has 0 saturated carbocycles. The Labute approximate surface area is 91.6 Å². The molecule has 0 heterocycles. The number of rotatable bonds is 1. The van der Waals surface area contributed by atoms with Crippen molar-refractivity contribution in [2.75, 3.05) is 0 Å². The molecule has 2 rings (SSSR count). The van der Waals surface area contributed by atoms with Gasteiger partial charge >= 0.3 is 0 Å². The Hall–Kier alpha value is -1.56. The van der Waals surface area contributed by atoms with E-state index in [9.17, 15) is 0 Å². The number of allylic oxidation sites excluding steroid dienone is 5. The van der Waals surface area contributed by atoms with Crippen LogP contribution in [-0.4, -0.2) is 0 Å². The first-order valence-electron chi connectivity index (χ1n) is 5.39. The van der Waals surface area contributed by atoms with Gasteiger partial charge in [-0.1, -0.05) is 60.2 Å². The quantitative estimate of drug-likeness (QED) is 0.628. The molecular weight excluding hydrogens is 180 g/mol. The van der Waals surface area contributed by atoms with Crippen LogP contribution in [0.5, 0.6) is 0 Å². The molecule has 0 saturated heterocycles. The van der Waals surface area contributed by atoms with Gasteiger partial charge in [-0.25, -0.2) is 0 Å².